The fraction of sp³-hybridized carbons (Fsp3) is 0.500. The molecule has 1 aliphatic heterocycles. The van der Waals surface area contributed by atoms with E-state index in [9.17, 15) is 12.8 Å². The van der Waals surface area contributed by atoms with Crippen LogP contribution in [-0.4, -0.2) is 25.8 Å². The van der Waals surface area contributed by atoms with E-state index in [1.807, 2.05) is 0 Å². The zero-order chi connectivity index (χ0) is 14.0. The van der Waals surface area contributed by atoms with Gasteiger partial charge in [-0.05, 0) is 37.0 Å². The first-order valence-electron chi connectivity index (χ1n) is 6.11. The molecule has 1 aliphatic rings. The third-order valence-corrected chi connectivity index (χ3v) is 5.27. The minimum absolute atomic E-state index is 0.0261. The smallest absolute Gasteiger partial charge is 0.268 e. The number of nitrogens with one attached hydrogen (secondary N) is 1. The van der Waals surface area contributed by atoms with Gasteiger partial charge in [0.1, 0.15) is 5.82 Å². The van der Waals surface area contributed by atoms with Gasteiger partial charge in [0.15, 0.2) is 0 Å². The molecule has 4 nitrogen and oxygen atoms in total. The first kappa shape index (κ1) is 14.7. The second kappa shape index (κ2) is 5.76. The predicted molar refractivity (Wildman–Crippen MR) is 76.6 cm³/mol. The monoisotopic (exact) mass is 350 g/mol. The van der Waals surface area contributed by atoms with Gasteiger partial charge in [-0.15, -0.1) is 0 Å². The standard InChI is InChI=1S/C12H16BrFN2O2S/c1-9-4-6-16(7-5-9)19(17,18)15-12-3-2-10(13)8-11(12)14/h2-3,8-9,15H,4-7H2,1H3. The largest absolute Gasteiger partial charge is 0.301 e. The Bertz CT molecular complexity index is 557. The predicted octanol–water partition coefficient (Wildman–Crippen LogP) is 2.98. The minimum Gasteiger partial charge on any atom is -0.268 e. The summed E-state index contributed by atoms with van der Waals surface area (Å²) in [7, 11) is -3.67. The van der Waals surface area contributed by atoms with Gasteiger partial charge in [-0.25, -0.2) is 4.39 Å². The Kier molecular flexibility index (Phi) is 4.47. The van der Waals surface area contributed by atoms with Crippen molar-refractivity contribution in [2.45, 2.75) is 19.8 Å². The van der Waals surface area contributed by atoms with Crippen LogP contribution in [0.3, 0.4) is 0 Å². The molecule has 1 heterocycles. The van der Waals surface area contributed by atoms with Crippen molar-refractivity contribution in [1.29, 1.82) is 0 Å². The van der Waals surface area contributed by atoms with Gasteiger partial charge in [-0.3, -0.25) is 4.72 Å². The van der Waals surface area contributed by atoms with E-state index in [4.69, 9.17) is 0 Å². The molecule has 1 fully saturated rings. The lowest BCUT2D eigenvalue weighted by atomic mass is 10.0. The van der Waals surface area contributed by atoms with E-state index in [2.05, 4.69) is 27.6 Å². The van der Waals surface area contributed by atoms with Crippen LogP contribution in [0, 0.1) is 11.7 Å². The topological polar surface area (TPSA) is 49.4 Å². The number of benzene rings is 1. The van der Waals surface area contributed by atoms with Crippen LogP contribution in [0.4, 0.5) is 10.1 Å². The Hall–Kier alpha value is -0.660. The Balaban J connectivity index is 2.12. The first-order valence-corrected chi connectivity index (χ1v) is 8.35. The lowest BCUT2D eigenvalue weighted by Crippen LogP contribution is -2.41. The molecule has 1 aromatic rings. The molecule has 7 heteroatoms. The van der Waals surface area contributed by atoms with E-state index in [-0.39, 0.29) is 5.69 Å². The average Bonchev–Trinajstić information content (AvgIpc) is 2.33. The van der Waals surface area contributed by atoms with Gasteiger partial charge >= 0.3 is 10.2 Å². The number of nitrogens with zero attached hydrogens (tertiary/aromatic N) is 1. The summed E-state index contributed by atoms with van der Waals surface area (Å²) in [5.41, 5.74) is -0.0261. The lowest BCUT2D eigenvalue weighted by molar-refractivity contribution is 0.289. The van der Waals surface area contributed by atoms with Gasteiger partial charge in [0, 0.05) is 17.6 Å². The zero-order valence-corrected chi connectivity index (χ0v) is 13.0. The summed E-state index contributed by atoms with van der Waals surface area (Å²) in [6.45, 7) is 3.06. The molecule has 0 spiro atoms. The van der Waals surface area contributed by atoms with E-state index < -0.39 is 16.0 Å². The molecule has 0 unspecified atom stereocenters. The Labute approximate surface area is 121 Å². The number of hydrogen-bond acceptors (Lipinski definition) is 2. The number of piperidine rings is 1. The summed E-state index contributed by atoms with van der Waals surface area (Å²) in [4.78, 5) is 0. The van der Waals surface area contributed by atoms with Crippen molar-refractivity contribution >= 4 is 31.8 Å². The molecule has 1 N–H and O–H groups in total. The average molecular weight is 351 g/mol. The molecule has 2 rings (SSSR count). The molecule has 106 valence electrons. The Morgan fingerprint density at radius 2 is 2.00 bits per heavy atom. The van der Waals surface area contributed by atoms with Crippen molar-refractivity contribution in [1.82, 2.24) is 4.31 Å². The van der Waals surface area contributed by atoms with E-state index >= 15 is 0 Å². The molecular weight excluding hydrogens is 335 g/mol. The maximum atomic E-state index is 13.6. The maximum absolute atomic E-state index is 13.6. The number of hydrogen-bond donors (Lipinski definition) is 1. The molecule has 0 aliphatic carbocycles. The molecule has 0 amide bonds. The normalized spacial score (nSPS) is 18.5. The first-order chi connectivity index (χ1) is 8.88. The molecule has 0 atom stereocenters. The van der Waals surface area contributed by atoms with Crippen LogP contribution < -0.4 is 4.72 Å². The molecular formula is C12H16BrFN2O2S. The second-order valence-corrected chi connectivity index (χ2v) is 7.40. The fourth-order valence-corrected chi connectivity index (χ4v) is 3.60. The summed E-state index contributed by atoms with van der Waals surface area (Å²) in [5.74, 6) is -0.0563. The van der Waals surface area contributed by atoms with Crippen molar-refractivity contribution < 1.29 is 12.8 Å². The molecule has 0 radical (unpaired) electrons. The summed E-state index contributed by atoms with van der Waals surface area (Å²) >= 11 is 3.13. The summed E-state index contributed by atoms with van der Waals surface area (Å²) in [5, 5.41) is 0. The van der Waals surface area contributed by atoms with Crippen molar-refractivity contribution in [3.05, 3.63) is 28.5 Å². The van der Waals surface area contributed by atoms with E-state index in [0.717, 1.165) is 12.8 Å². The van der Waals surface area contributed by atoms with Crippen LogP contribution in [0.2, 0.25) is 0 Å². The fourth-order valence-electron chi connectivity index (χ4n) is 2.00. The highest BCUT2D eigenvalue weighted by atomic mass is 79.9. The van der Waals surface area contributed by atoms with Crippen LogP contribution in [0.5, 0.6) is 0 Å². The maximum Gasteiger partial charge on any atom is 0.301 e. The minimum atomic E-state index is -3.67. The van der Waals surface area contributed by atoms with Gasteiger partial charge in [-0.2, -0.15) is 12.7 Å². The second-order valence-electron chi connectivity index (χ2n) is 4.81. The molecule has 0 aromatic heterocycles. The SMILES string of the molecule is CC1CCN(S(=O)(=O)Nc2ccc(Br)cc2F)CC1. The van der Waals surface area contributed by atoms with Crippen LogP contribution in [0.25, 0.3) is 0 Å². The third-order valence-electron chi connectivity index (χ3n) is 3.25. The summed E-state index contributed by atoms with van der Waals surface area (Å²) < 4.78 is 42.1. The van der Waals surface area contributed by atoms with Crippen molar-refractivity contribution in [2.75, 3.05) is 17.8 Å². The number of halogens is 2. The van der Waals surface area contributed by atoms with Crippen molar-refractivity contribution in [2.24, 2.45) is 5.92 Å². The Morgan fingerprint density at radius 3 is 2.58 bits per heavy atom. The van der Waals surface area contributed by atoms with Gasteiger partial charge in [-0.1, -0.05) is 22.9 Å². The van der Waals surface area contributed by atoms with E-state index in [1.165, 1.54) is 16.4 Å². The number of rotatable bonds is 3. The van der Waals surface area contributed by atoms with Gasteiger partial charge in [0.05, 0.1) is 5.69 Å². The molecule has 1 saturated heterocycles. The summed E-state index contributed by atoms with van der Waals surface area (Å²) in [6, 6.07) is 4.24. The highest BCUT2D eigenvalue weighted by molar-refractivity contribution is 9.10. The van der Waals surface area contributed by atoms with Crippen molar-refractivity contribution in [3.63, 3.8) is 0 Å². The Morgan fingerprint density at radius 1 is 1.37 bits per heavy atom. The number of anilines is 1. The lowest BCUT2D eigenvalue weighted by Gasteiger charge is -2.29. The zero-order valence-electron chi connectivity index (χ0n) is 10.6. The van der Waals surface area contributed by atoms with E-state index in [1.54, 1.807) is 6.07 Å². The van der Waals surface area contributed by atoms with Crippen LogP contribution in [0.15, 0.2) is 22.7 Å². The third kappa shape index (κ3) is 3.67. The van der Waals surface area contributed by atoms with Crippen LogP contribution >= 0.6 is 15.9 Å². The van der Waals surface area contributed by atoms with Crippen LogP contribution in [-0.2, 0) is 10.2 Å². The molecule has 1 aromatic carbocycles. The molecule has 0 saturated carbocycles. The van der Waals surface area contributed by atoms with Crippen molar-refractivity contribution in [3.8, 4) is 0 Å². The van der Waals surface area contributed by atoms with E-state index in [0.29, 0.717) is 23.5 Å². The molecule has 19 heavy (non-hydrogen) atoms. The highest BCUT2D eigenvalue weighted by Crippen LogP contribution is 2.23. The van der Waals surface area contributed by atoms with Crippen LogP contribution in [0.1, 0.15) is 19.8 Å². The highest BCUT2D eigenvalue weighted by Gasteiger charge is 2.26. The van der Waals surface area contributed by atoms with Gasteiger partial charge in [0.25, 0.3) is 0 Å². The quantitative estimate of drug-likeness (QED) is 0.910. The summed E-state index contributed by atoms with van der Waals surface area (Å²) in [6.07, 6.45) is 1.67. The van der Waals surface area contributed by atoms with Gasteiger partial charge in [0.2, 0.25) is 0 Å². The molecule has 0 bridgehead atoms. The van der Waals surface area contributed by atoms with Gasteiger partial charge < -0.3 is 0 Å².